The standard InChI is InChI=1S/C15H19F2N5O/c1-8-11(9(2)22(19-8)15(16)17)7-13(23)18-14-10-5-4-6-12(10)20-21(14)3/h15H,4-7H2,1-3H3,(H,18,23). The first kappa shape index (κ1) is 15.6. The molecule has 2 heterocycles. The number of carbonyl (C=O) groups is 1. The zero-order chi connectivity index (χ0) is 16.7. The van der Waals surface area contributed by atoms with Crippen molar-refractivity contribution in [2.45, 2.75) is 46.1 Å². The number of nitrogens with zero attached hydrogens (tertiary/aromatic N) is 4. The van der Waals surface area contributed by atoms with Gasteiger partial charge in [-0.05, 0) is 33.1 Å². The number of hydrogen-bond acceptors (Lipinski definition) is 3. The van der Waals surface area contributed by atoms with Gasteiger partial charge in [0.15, 0.2) is 0 Å². The molecule has 0 bridgehead atoms. The second kappa shape index (κ2) is 5.75. The van der Waals surface area contributed by atoms with E-state index in [-0.39, 0.29) is 12.3 Å². The monoisotopic (exact) mass is 323 g/mol. The SMILES string of the molecule is Cc1nn(C(F)F)c(C)c1CC(=O)Nc1c2c(nn1C)CCC2. The molecule has 0 saturated carbocycles. The largest absolute Gasteiger partial charge is 0.333 e. The normalized spacial score (nSPS) is 13.7. The second-order valence-corrected chi connectivity index (χ2v) is 5.85. The van der Waals surface area contributed by atoms with Crippen molar-refractivity contribution in [3.05, 3.63) is 28.2 Å². The number of fused-ring (bicyclic) bond motifs is 1. The van der Waals surface area contributed by atoms with Gasteiger partial charge >= 0.3 is 6.55 Å². The molecule has 0 unspecified atom stereocenters. The summed E-state index contributed by atoms with van der Waals surface area (Å²) < 4.78 is 28.0. The fourth-order valence-corrected chi connectivity index (χ4v) is 3.16. The highest BCUT2D eigenvalue weighted by Gasteiger charge is 2.23. The first-order valence-electron chi connectivity index (χ1n) is 7.55. The molecule has 1 N–H and O–H groups in total. The maximum Gasteiger partial charge on any atom is 0.333 e. The Labute approximate surface area is 132 Å². The molecule has 3 rings (SSSR count). The molecule has 124 valence electrons. The molecule has 0 aliphatic heterocycles. The summed E-state index contributed by atoms with van der Waals surface area (Å²) in [7, 11) is 1.79. The van der Waals surface area contributed by atoms with Crippen LogP contribution in [0.15, 0.2) is 0 Å². The number of amides is 1. The number of nitrogens with one attached hydrogen (secondary N) is 1. The van der Waals surface area contributed by atoms with E-state index in [0.717, 1.165) is 30.5 Å². The number of carbonyl (C=O) groups excluding carboxylic acids is 1. The summed E-state index contributed by atoms with van der Waals surface area (Å²) in [5, 5.41) is 11.1. The third-order valence-electron chi connectivity index (χ3n) is 4.32. The van der Waals surface area contributed by atoms with Gasteiger partial charge in [0.05, 0.1) is 17.8 Å². The van der Waals surface area contributed by atoms with Crippen LogP contribution in [-0.4, -0.2) is 25.5 Å². The molecular weight excluding hydrogens is 304 g/mol. The number of aryl methyl sites for hydroxylation is 3. The van der Waals surface area contributed by atoms with E-state index < -0.39 is 6.55 Å². The predicted octanol–water partition coefficient (Wildman–Crippen LogP) is 2.30. The molecular formula is C15H19F2N5O. The summed E-state index contributed by atoms with van der Waals surface area (Å²) in [5.41, 5.74) is 3.43. The van der Waals surface area contributed by atoms with E-state index in [1.807, 2.05) is 0 Å². The minimum absolute atomic E-state index is 0.0182. The van der Waals surface area contributed by atoms with E-state index >= 15 is 0 Å². The molecule has 0 atom stereocenters. The third kappa shape index (κ3) is 2.73. The molecule has 2 aromatic heterocycles. The number of anilines is 1. The van der Waals surface area contributed by atoms with Gasteiger partial charge in [0.2, 0.25) is 5.91 Å². The van der Waals surface area contributed by atoms with Crippen LogP contribution in [0.5, 0.6) is 0 Å². The molecule has 0 aromatic carbocycles. The smallest absolute Gasteiger partial charge is 0.310 e. The molecule has 1 amide bonds. The highest BCUT2D eigenvalue weighted by atomic mass is 19.3. The van der Waals surface area contributed by atoms with Gasteiger partial charge in [-0.3, -0.25) is 9.48 Å². The second-order valence-electron chi connectivity index (χ2n) is 5.85. The average Bonchev–Trinajstić information content (AvgIpc) is 3.11. The fraction of sp³-hybridized carbons (Fsp3) is 0.533. The van der Waals surface area contributed by atoms with Crippen LogP contribution >= 0.6 is 0 Å². The highest BCUT2D eigenvalue weighted by molar-refractivity contribution is 5.92. The van der Waals surface area contributed by atoms with Crippen molar-refractivity contribution in [3.8, 4) is 0 Å². The average molecular weight is 323 g/mol. The summed E-state index contributed by atoms with van der Waals surface area (Å²) in [6.45, 7) is 0.484. The van der Waals surface area contributed by atoms with Crippen LogP contribution in [-0.2, 0) is 31.1 Å². The summed E-state index contributed by atoms with van der Waals surface area (Å²) in [4.78, 5) is 12.3. The van der Waals surface area contributed by atoms with Crippen LogP contribution in [0.1, 0.15) is 41.2 Å². The van der Waals surface area contributed by atoms with Gasteiger partial charge in [0.25, 0.3) is 0 Å². The first-order valence-corrected chi connectivity index (χ1v) is 7.55. The Hall–Kier alpha value is -2.25. The van der Waals surface area contributed by atoms with Crippen LogP contribution in [0, 0.1) is 13.8 Å². The van der Waals surface area contributed by atoms with Crippen molar-refractivity contribution in [2.24, 2.45) is 7.05 Å². The molecule has 0 fully saturated rings. The minimum atomic E-state index is -2.70. The quantitative estimate of drug-likeness (QED) is 0.939. The molecule has 23 heavy (non-hydrogen) atoms. The molecule has 0 spiro atoms. The third-order valence-corrected chi connectivity index (χ3v) is 4.32. The lowest BCUT2D eigenvalue weighted by atomic mass is 10.1. The Bertz CT molecular complexity index is 762. The van der Waals surface area contributed by atoms with Crippen molar-refractivity contribution in [3.63, 3.8) is 0 Å². The molecule has 1 aliphatic rings. The Kier molecular flexibility index (Phi) is 3.91. The van der Waals surface area contributed by atoms with Gasteiger partial charge in [-0.1, -0.05) is 0 Å². The van der Waals surface area contributed by atoms with Crippen molar-refractivity contribution < 1.29 is 13.6 Å². The minimum Gasteiger partial charge on any atom is -0.310 e. The van der Waals surface area contributed by atoms with E-state index in [1.165, 1.54) is 0 Å². The summed E-state index contributed by atoms with van der Waals surface area (Å²) in [5.74, 6) is 0.460. The highest BCUT2D eigenvalue weighted by Crippen LogP contribution is 2.28. The van der Waals surface area contributed by atoms with Crippen LogP contribution in [0.25, 0.3) is 0 Å². The van der Waals surface area contributed by atoms with Crippen LogP contribution in [0.4, 0.5) is 14.6 Å². The lowest BCUT2D eigenvalue weighted by molar-refractivity contribution is -0.115. The lowest BCUT2D eigenvalue weighted by Crippen LogP contribution is -2.18. The van der Waals surface area contributed by atoms with E-state index in [9.17, 15) is 13.6 Å². The van der Waals surface area contributed by atoms with Gasteiger partial charge in [-0.25, -0.2) is 4.68 Å². The summed E-state index contributed by atoms with van der Waals surface area (Å²) in [6, 6.07) is 0. The molecule has 1 aliphatic carbocycles. The fourth-order valence-electron chi connectivity index (χ4n) is 3.16. The number of halogens is 2. The van der Waals surface area contributed by atoms with Crippen molar-refractivity contribution in [1.29, 1.82) is 0 Å². The summed E-state index contributed by atoms with van der Waals surface area (Å²) in [6.07, 6.45) is 2.89. The lowest BCUT2D eigenvalue weighted by Gasteiger charge is -2.08. The van der Waals surface area contributed by atoms with E-state index in [2.05, 4.69) is 15.5 Å². The number of hydrogen-bond donors (Lipinski definition) is 1. The van der Waals surface area contributed by atoms with Gasteiger partial charge in [0.1, 0.15) is 5.82 Å². The number of aromatic nitrogens is 4. The van der Waals surface area contributed by atoms with Crippen molar-refractivity contribution in [1.82, 2.24) is 19.6 Å². The Morgan fingerprint density at radius 3 is 2.70 bits per heavy atom. The van der Waals surface area contributed by atoms with Crippen LogP contribution in [0.2, 0.25) is 0 Å². The van der Waals surface area contributed by atoms with Gasteiger partial charge in [0, 0.05) is 23.9 Å². The summed E-state index contributed by atoms with van der Waals surface area (Å²) >= 11 is 0. The predicted molar refractivity (Wildman–Crippen MR) is 80.5 cm³/mol. The van der Waals surface area contributed by atoms with Crippen molar-refractivity contribution in [2.75, 3.05) is 5.32 Å². The zero-order valence-corrected chi connectivity index (χ0v) is 13.4. The Morgan fingerprint density at radius 2 is 2.04 bits per heavy atom. The van der Waals surface area contributed by atoms with Crippen molar-refractivity contribution >= 4 is 11.7 Å². The molecule has 0 saturated heterocycles. The van der Waals surface area contributed by atoms with Crippen LogP contribution < -0.4 is 5.32 Å². The van der Waals surface area contributed by atoms with E-state index in [4.69, 9.17) is 0 Å². The molecule has 0 radical (unpaired) electrons. The van der Waals surface area contributed by atoms with Crippen LogP contribution in [0.3, 0.4) is 0 Å². The maximum absolute atomic E-state index is 12.9. The van der Waals surface area contributed by atoms with E-state index in [1.54, 1.807) is 25.6 Å². The first-order chi connectivity index (χ1) is 10.9. The topological polar surface area (TPSA) is 64.7 Å². The Balaban J connectivity index is 1.79. The van der Waals surface area contributed by atoms with Gasteiger partial charge in [-0.2, -0.15) is 19.0 Å². The molecule has 2 aromatic rings. The Morgan fingerprint density at radius 1 is 1.30 bits per heavy atom. The molecule has 8 heteroatoms. The maximum atomic E-state index is 12.9. The molecule has 6 nitrogen and oxygen atoms in total. The zero-order valence-electron chi connectivity index (χ0n) is 13.4. The number of rotatable bonds is 4. The van der Waals surface area contributed by atoms with Gasteiger partial charge in [-0.15, -0.1) is 0 Å². The number of alkyl halides is 2. The van der Waals surface area contributed by atoms with Gasteiger partial charge < -0.3 is 5.32 Å². The van der Waals surface area contributed by atoms with E-state index in [0.29, 0.717) is 27.5 Å².